The molecule has 2 unspecified atom stereocenters. The van der Waals surface area contributed by atoms with Crippen molar-refractivity contribution in [2.24, 2.45) is 0 Å². The highest BCUT2D eigenvalue weighted by Gasteiger charge is 2.33. The van der Waals surface area contributed by atoms with Crippen molar-refractivity contribution < 1.29 is 4.74 Å². The van der Waals surface area contributed by atoms with E-state index in [1.807, 2.05) is 0 Å². The lowest BCUT2D eigenvalue weighted by Gasteiger charge is -2.19. The first-order chi connectivity index (χ1) is 10.3. The molecule has 1 N–H and O–H groups in total. The monoisotopic (exact) mass is 287 g/mol. The Hall–Kier alpha value is -1.39. The highest BCUT2D eigenvalue weighted by atomic mass is 16.5. The molecule has 0 aliphatic carbocycles. The number of ether oxygens (including phenoxy) is 1. The van der Waals surface area contributed by atoms with E-state index in [0.29, 0.717) is 12.0 Å². The number of aryl methyl sites for hydroxylation is 1. The zero-order valence-corrected chi connectivity index (χ0v) is 13.0. The fourth-order valence-corrected chi connectivity index (χ4v) is 3.18. The fraction of sp³-hybridized carbons (Fsp3) is 0.588. The summed E-state index contributed by atoms with van der Waals surface area (Å²) < 4.78 is 8.12. The van der Waals surface area contributed by atoms with Crippen molar-refractivity contribution in [2.45, 2.75) is 45.2 Å². The van der Waals surface area contributed by atoms with Gasteiger partial charge in [0.05, 0.1) is 30.2 Å². The first-order valence-electron chi connectivity index (χ1n) is 8.11. The maximum Gasteiger partial charge on any atom is 0.116 e. The van der Waals surface area contributed by atoms with Crippen LogP contribution in [0.3, 0.4) is 0 Å². The predicted molar refractivity (Wildman–Crippen MR) is 85.7 cm³/mol. The maximum absolute atomic E-state index is 5.73. The fourth-order valence-electron chi connectivity index (χ4n) is 3.18. The van der Waals surface area contributed by atoms with E-state index in [-0.39, 0.29) is 0 Å². The van der Waals surface area contributed by atoms with E-state index in [2.05, 4.69) is 48.0 Å². The number of rotatable bonds is 6. The topological polar surface area (TPSA) is 39.1 Å². The second kappa shape index (κ2) is 6.58. The average molecular weight is 287 g/mol. The Morgan fingerprint density at radius 3 is 2.90 bits per heavy atom. The van der Waals surface area contributed by atoms with Gasteiger partial charge in [0.25, 0.3) is 0 Å². The van der Waals surface area contributed by atoms with E-state index >= 15 is 0 Å². The van der Waals surface area contributed by atoms with Crippen LogP contribution in [0.15, 0.2) is 24.3 Å². The van der Waals surface area contributed by atoms with E-state index in [1.165, 1.54) is 11.3 Å². The van der Waals surface area contributed by atoms with E-state index in [9.17, 15) is 0 Å². The molecule has 4 nitrogen and oxygen atoms in total. The molecule has 3 rings (SSSR count). The third-order valence-corrected chi connectivity index (χ3v) is 4.20. The Balaban J connectivity index is 1.96. The van der Waals surface area contributed by atoms with Crippen LogP contribution >= 0.6 is 0 Å². The summed E-state index contributed by atoms with van der Waals surface area (Å²) in [5, 5.41) is 3.62. The van der Waals surface area contributed by atoms with Crippen molar-refractivity contribution >= 4 is 11.0 Å². The normalized spacial score (nSPS) is 22.2. The zero-order valence-electron chi connectivity index (χ0n) is 13.0. The molecule has 1 aromatic heterocycles. The minimum atomic E-state index is 0.357. The molecule has 0 bridgehead atoms. The van der Waals surface area contributed by atoms with E-state index < -0.39 is 0 Å². The quantitative estimate of drug-likeness (QED) is 0.888. The molecule has 21 heavy (non-hydrogen) atoms. The van der Waals surface area contributed by atoms with Gasteiger partial charge in [-0.1, -0.05) is 26.0 Å². The molecule has 0 amide bonds. The molecule has 1 aliphatic rings. The lowest BCUT2D eigenvalue weighted by atomic mass is 10.0. The first-order valence-corrected chi connectivity index (χ1v) is 8.11. The Bertz CT molecular complexity index is 593. The molecule has 0 saturated carbocycles. The predicted octanol–water partition coefficient (Wildman–Crippen LogP) is 2.93. The van der Waals surface area contributed by atoms with Gasteiger partial charge in [-0.05, 0) is 31.5 Å². The maximum atomic E-state index is 5.73. The Morgan fingerprint density at radius 1 is 1.24 bits per heavy atom. The molecule has 0 radical (unpaired) electrons. The minimum absolute atomic E-state index is 0.357. The summed E-state index contributed by atoms with van der Waals surface area (Å²) in [6, 6.07) is 8.82. The summed E-state index contributed by atoms with van der Waals surface area (Å²) in [4.78, 5) is 4.91. The third-order valence-electron chi connectivity index (χ3n) is 4.20. The van der Waals surface area contributed by atoms with E-state index in [4.69, 9.17) is 9.72 Å². The minimum Gasteiger partial charge on any atom is -0.379 e. The van der Waals surface area contributed by atoms with Gasteiger partial charge in [0.15, 0.2) is 0 Å². The van der Waals surface area contributed by atoms with Gasteiger partial charge in [0, 0.05) is 12.6 Å². The van der Waals surface area contributed by atoms with Crippen LogP contribution in [0.2, 0.25) is 0 Å². The first kappa shape index (κ1) is 14.5. The number of hydrogen-bond acceptors (Lipinski definition) is 3. The van der Waals surface area contributed by atoms with Crippen molar-refractivity contribution in [1.82, 2.24) is 14.9 Å². The van der Waals surface area contributed by atoms with Crippen molar-refractivity contribution in [3.05, 3.63) is 30.1 Å². The smallest absolute Gasteiger partial charge is 0.116 e. The number of imidazole rings is 1. The zero-order chi connectivity index (χ0) is 14.7. The lowest BCUT2D eigenvalue weighted by Crippen LogP contribution is -2.36. The van der Waals surface area contributed by atoms with Gasteiger partial charge in [-0.2, -0.15) is 0 Å². The van der Waals surface area contributed by atoms with Gasteiger partial charge >= 0.3 is 0 Å². The van der Waals surface area contributed by atoms with Crippen molar-refractivity contribution in [3.63, 3.8) is 0 Å². The molecule has 2 aromatic rings. The Kier molecular flexibility index (Phi) is 4.56. The van der Waals surface area contributed by atoms with Crippen LogP contribution in [-0.2, 0) is 11.3 Å². The van der Waals surface area contributed by atoms with Crippen LogP contribution in [0, 0.1) is 0 Å². The lowest BCUT2D eigenvalue weighted by molar-refractivity contribution is 0.187. The van der Waals surface area contributed by atoms with E-state index in [0.717, 1.165) is 44.7 Å². The molecule has 114 valence electrons. The largest absolute Gasteiger partial charge is 0.379 e. The molecule has 1 aliphatic heterocycles. The van der Waals surface area contributed by atoms with Crippen LogP contribution in [0.1, 0.15) is 38.4 Å². The number of fused-ring (bicyclic) bond motifs is 1. The van der Waals surface area contributed by atoms with Crippen LogP contribution in [-0.4, -0.2) is 35.4 Å². The molecule has 1 fully saturated rings. The standard InChI is InChI=1S/C17H25N3O/c1-3-9-18-15-12-21-11-13(15)17-19-14-7-5-6-8-16(14)20(17)10-4-2/h5-8,13,15,18H,3-4,9-12H2,1-2H3. The molecule has 0 spiro atoms. The second-order valence-corrected chi connectivity index (χ2v) is 5.81. The SMILES string of the molecule is CCCNC1COCC1c1nc2ccccc2n1CCC. The summed E-state index contributed by atoms with van der Waals surface area (Å²) in [6.07, 6.45) is 2.27. The van der Waals surface area contributed by atoms with Gasteiger partial charge in [-0.3, -0.25) is 0 Å². The molecule has 1 aromatic carbocycles. The molecule has 2 heterocycles. The van der Waals surface area contributed by atoms with Gasteiger partial charge < -0.3 is 14.6 Å². The highest BCUT2D eigenvalue weighted by molar-refractivity contribution is 5.76. The Labute approximate surface area is 126 Å². The molecule has 4 heteroatoms. The van der Waals surface area contributed by atoms with Gasteiger partial charge in [0.2, 0.25) is 0 Å². The number of hydrogen-bond donors (Lipinski definition) is 1. The number of nitrogens with zero attached hydrogens (tertiary/aromatic N) is 2. The van der Waals surface area contributed by atoms with Gasteiger partial charge in [-0.15, -0.1) is 0 Å². The van der Waals surface area contributed by atoms with Crippen LogP contribution in [0.4, 0.5) is 0 Å². The molecule has 1 saturated heterocycles. The number of aromatic nitrogens is 2. The van der Waals surface area contributed by atoms with Crippen molar-refractivity contribution in [2.75, 3.05) is 19.8 Å². The molecular weight excluding hydrogens is 262 g/mol. The summed E-state index contributed by atoms with van der Waals surface area (Å²) in [5.41, 5.74) is 2.34. The van der Waals surface area contributed by atoms with Crippen molar-refractivity contribution in [3.8, 4) is 0 Å². The van der Waals surface area contributed by atoms with Crippen LogP contribution in [0.5, 0.6) is 0 Å². The summed E-state index contributed by atoms with van der Waals surface area (Å²) in [6.45, 7) is 8.04. The number of para-hydroxylation sites is 2. The Morgan fingerprint density at radius 2 is 2.10 bits per heavy atom. The average Bonchev–Trinajstić information content (AvgIpc) is 3.10. The van der Waals surface area contributed by atoms with Crippen molar-refractivity contribution in [1.29, 1.82) is 0 Å². The van der Waals surface area contributed by atoms with Crippen LogP contribution in [0.25, 0.3) is 11.0 Å². The summed E-state index contributed by atoms with van der Waals surface area (Å²) in [5.74, 6) is 1.54. The number of nitrogens with one attached hydrogen (secondary N) is 1. The highest BCUT2D eigenvalue weighted by Crippen LogP contribution is 2.28. The molecule has 2 atom stereocenters. The second-order valence-electron chi connectivity index (χ2n) is 5.81. The molecular formula is C17H25N3O. The van der Waals surface area contributed by atoms with Crippen LogP contribution < -0.4 is 5.32 Å². The summed E-state index contributed by atoms with van der Waals surface area (Å²) in [7, 11) is 0. The summed E-state index contributed by atoms with van der Waals surface area (Å²) >= 11 is 0. The van der Waals surface area contributed by atoms with Gasteiger partial charge in [-0.25, -0.2) is 4.98 Å². The third kappa shape index (κ3) is 2.83. The van der Waals surface area contributed by atoms with Gasteiger partial charge in [0.1, 0.15) is 5.82 Å². The number of benzene rings is 1. The van der Waals surface area contributed by atoms with E-state index in [1.54, 1.807) is 0 Å².